The van der Waals surface area contributed by atoms with Crippen molar-refractivity contribution in [1.29, 1.82) is 0 Å². The highest BCUT2D eigenvalue weighted by Crippen LogP contribution is 2.44. The van der Waals surface area contributed by atoms with Gasteiger partial charge in [0.2, 0.25) is 0 Å². The fourth-order valence-corrected chi connectivity index (χ4v) is 8.60. The molecule has 0 fully saturated rings. The first-order valence-corrected chi connectivity index (χ1v) is 19.7. The normalized spacial score (nSPS) is 11.4. The third-order valence-corrected chi connectivity index (χ3v) is 11.3. The molecule has 0 N–H and O–H groups in total. The molecule has 10 aromatic carbocycles. The van der Waals surface area contributed by atoms with Crippen LogP contribution in [0, 0.1) is 0 Å². The molecule has 0 aliphatic rings. The summed E-state index contributed by atoms with van der Waals surface area (Å²) in [5.74, 6) is 1.93. The quantitative estimate of drug-likeness (QED) is 0.160. The molecule has 11 aromatic rings. The molecule has 0 aliphatic carbocycles. The molecule has 0 radical (unpaired) electrons. The Labute approximate surface area is 336 Å². The van der Waals surface area contributed by atoms with Crippen LogP contribution in [-0.2, 0) is 0 Å². The number of hydrogen-bond acceptors (Lipinski definition) is 3. The maximum atomic E-state index is 5.20. The van der Waals surface area contributed by atoms with E-state index in [1.165, 1.54) is 54.9 Å². The zero-order chi connectivity index (χ0) is 38.4. The molecule has 0 saturated heterocycles. The van der Waals surface area contributed by atoms with Crippen molar-refractivity contribution in [1.82, 2.24) is 15.0 Å². The van der Waals surface area contributed by atoms with E-state index in [-0.39, 0.29) is 0 Å². The highest BCUT2D eigenvalue weighted by Gasteiger charge is 2.19. The summed E-state index contributed by atoms with van der Waals surface area (Å²) < 4.78 is 0. The fourth-order valence-electron chi connectivity index (χ4n) is 8.60. The summed E-state index contributed by atoms with van der Waals surface area (Å²) in [5, 5.41) is 9.52. The Morgan fingerprint density at radius 1 is 0.224 bits per heavy atom. The van der Waals surface area contributed by atoms with Gasteiger partial charge in [0.25, 0.3) is 0 Å². The van der Waals surface area contributed by atoms with Gasteiger partial charge in [0.1, 0.15) is 0 Å². The number of aromatic nitrogens is 3. The first kappa shape index (κ1) is 33.6. The van der Waals surface area contributed by atoms with Crippen molar-refractivity contribution in [3.05, 3.63) is 212 Å². The van der Waals surface area contributed by atoms with Crippen LogP contribution in [0.4, 0.5) is 0 Å². The minimum Gasteiger partial charge on any atom is -0.208 e. The fraction of sp³-hybridized carbons (Fsp3) is 0. The molecular formula is C55H35N3. The lowest BCUT2D eigenvalue weighted by Gasteiger charge is -2.18. The van der Waals surface area contributed by atoms with Gasteiger partial charge in [0, 0.05) is 16.7 Å². The van der Waals surface area contributed by atoms with Crippen molar-refractivity contribution in [2.45, 2.75) is 0 Å². The Morgan fingerprint density at radius 2 is 0.603 bits per heavy atom. The summed E-state index contributed by atoms with van der Waals surface area (Å²) in [4.78, 5) is 15.4. The van der Waals surface area contributed by atoms with E-state index in [0.717, 1.165) is 38.2 Å². The maximum Gasteiger partial charge on any atom is 0.164 e. The zero-order valence-electron chi connectivity index (χ0n) is 31.5. The average molecular weight is 738 g/mol. The Morgan fingerprint density at radius 3 is 1.17 bits per heavy atom. The van der Waals surface area contributed by atoms with Crippen LogP contribution in [0.2, 0.25) is 0 Å². The lowest BCUT2D eigenvalue weighted by atomic mass is 9.85. The van der Waals surface area contributed by atoms with Crippen LogP contribution in [0.15, 0.2) is 212 Å². The number of nitrogens with zero attached hydrogens (tertiary/aromatic N) is 3. The van der Waals surface area contributed by atoms with E-state index in [1.54, 1.807) is 0 Å². The van der Waals surface area contributed by atoms with Crippen LogP contribution in [0.1, 0.15) is 0 Å². The number of hydrogen-bond donors (Lipinski definition) is 0. The second kappa shape index (κ2) is 14.1. The largest absolute Gasteiger partial charge is 0.208 e. The van der Waals surface area contributed by atoms with Crippen molar-refractivity contribution < 1.29 is 0 Å². The lowest BCUT2D eigenvalue weighted by Crippen LogP contribution is -2.01. The standard InChI is InChI=1S/C55H35N3/c1-4-16-36(17-5-1)43-32-33-50(45-23-11-10-22-44(43)45)55-57-53(38-20-8-3-9-21-38)56-54(58-55)42-31-29-39-34-41(30-28-40(39)35-42)52-48-26-14-12-24-46(48)51(37-18-6-2-7-19-37)47-25-13-15-27-49(47)52/h1-35H. The highest BCUT2D eigenvalue weighted by atomic mass is 15.0. The molecular weight excluding hydrogens is 703 g/mol. The van der Waals surface area contributed by atoms with Gasteiger partial charge in [-0.15, -0.1) is 0 Å². The van der Waals surface area contributed by atoms with Crippen molar-refractivity contribution in [2.75, 3.05) is 0 Å². The predicted molar refractivity (Wildman–Crippen MR) is 242 cm³/mol. The lowest BCUT2D eigenvalue weighted by molar-refractivity contribution is 1.08. The van der Waals surface area contributed by atoms with E-state index in [2.05, 4.69) is 194 Å². The molecule has 3 nitrogen and oxygen atoms in total. The van der Waals surface area contributed by atoms with Crippen molar-refractivity contribution >= 4 is 43.1 Å². The Balaban J connectivity index is 1.06. The predicted octanol–water partition coefficient (Wildman–Crippen LogP) is 14.5. The molecule has 58 heavy (non-hydrogen) atoms. The second-order valence-electron chi connectivity index (χ2n) is 14.7. The minimum absolute atomic E-state index is 0.638. The number of benzene rings is 10. The van der Waals surface area contributed by atoms with E-state index >= 15 is 0 Å². The van der Waals surface area contributed by atoms with E-state index in [0.29, 0.717) is 17.5 Å². The molecule has 1 aromatic heterocycles. The SMILES string of the molecule is c1ccc(-c2nc(-c3ccc4cc(-c5c6ccccc6c(-c6ccccc6)c6ccccc56)ccc4c3)nc(-c3ccc(-c4ccccc4)c4ccccc34)n2)cc1. The van der Waals surface area contributed by atoms with Crippen LogP contribution in [-0.4, -0.2) is 15.0 Å². The molecule has 0 aliphatic heterocycles. The molecule has 0 bridgehead atoms. The average Bonchev–Trinajstić information content (AvgIpc) is 3.30. The molecule has 1 heterocycles. The summed E-state index contributed by atoms with van der Waals surface area (Å²) in [6.07, 6.45) is 0. The summed E-state index contributed by atoms with van der Waals surface area (Å²) in [7, 11) is 0. The van der Waals surface area contributed by atoms with Gasteiger partial charge in [-0.1, -0.05) is 194 Å². The molecule has 0 unspecified atom stereocenters. The molecule has 0 amide bonds. The van der Waals surface area contributed by atoms with E-state index in [4.69, 9.17) is 15.0 Å². The van der Waals surface area contributed by atoms with Crippen molar-refractivity contribution in [3.8, 4) is 67.5 Å². The Hall–Kier alpha value is -7.75. The first-order chi connectivity index (χ1) is 28.8. The second-order valence-corrected chi connectivity index (χ2v) is 14.7. The first-order valence-electron chi connectivity index (χ1n) is 19.7. The van der Waals surface area contributed by atoms with Gasteiger partial charge < -0.3 is 0 Å². The minimum atomic E-state index is 0.638. The topological polar surface area (TPSA) is 38.7 Å². The van der Waals surface area contributed by atoms with E-state index < -0.39 is 0 Å². The van der Waals surface area contributed by atoms with E-state index in [1.807, 2.05) is 18.2 Å². The molecule has 0 atom stereocenters. The van der Waals surface area contributed by atoms with Gasteiger partial charge in [-0.05, 0) is 94.7 Å². The van der Waals surface area contributed by atoms with Gasteiger partial charge in [-0.25, -0.2) is 15.0 Å². The van der Waals surface area contributed by atoms with Crippen molar-refractivity contribution in [2.24, 2.45) is 0 Å². The van der Waals surface area contributed by atoms with Gasteiger partial charge in [-0.3, -0.25) is 0 Å². The molecule has 270 valence electrons. The molecule has 3 heteroatoms. The Kier molecular flexibility index (Phi) is 8.15. The van der Waals surface area contributed by atoms with Crippen LogP contribution >= 0.6 is 0 Å². The third-order valence-electron chi connectivity index (χ3n) is 11.3. The maximum absolute atomic E-state index is 5.20. The molecule has 0 spiro atoms. The molecule has 0 saturated carbocycles. The van der Waals surface area contributed by atoms with Gasteiger partial charge in [0.05, 0.1) is 0 Å². The van der Waals surface area contributed by atoms with Gasteiger partial charge in [0.15, 0.2) is 17.5 Å². The van der Waals surface area contributed by atoms with Gasteiger partial charge >= 0.3 is 0 Å². The zero-order valence-corrected chi connectivity index (χ0v) is 31.5. The summed E-state index contributed by atoms with van der Waals surface area (Å²) >= 11 is 0. The number of rotatable bonds is 6. The summed E-state index contributed by atoms with van der Waals surface area (Å²) in [5.41, 5.74) is 10.1. The van der Waals surface area contributed by atoms with Gasteiger partial charge in [-0.2, -0.15) is 0 Å². The number of fused-ring (bicyclic) bond motifs is 4. The molecule has 11 rings (SSSR count). The van der Waals surface area contributed by atoms with Crippen molar-refractivity contribution in [3.63, 3.8) is 0 Å². The van der Waals surface area contributed by atoms with Crippen LogP contribution < -0.4 is 0 Å². The van der Waals surface area contributed by atoms with Crippen LogP contribution in [0.5, 0.6) is 0 Å². The van der Waals surface area contributed by atoms with E-state index in [9.17, 15) is 0 Å². The summed E-state index contributed by atoms with van der Waals surface area (Å²) in [6, 6.07) is 75.3. The smallest absolute Gasteiger partial charge is 0.164 e. The third kappa shape index (κ3) is 5.80. The van der Waals surface area contributed by atoms with Crippen LogP contribution in [0.3, 0.4) is 0 Å². The monoisotopic (exact) mass is 737 g/mol. The highest BCUT2D eigenvalue weighted by molar-refractivity contribution is 6.21. The summed E-state index contributed by atoms with van der Waals surface area (Å²) in [6.45, 7) is 0. The Bertz CT molecular complexity index is 3260. The van der Waals surface area contributed by atoms with Crippen LogP contribution in [0.25, 0.3) is 111 Å².